The van der Waals surface area contributed by atoms with Gasteiger partial charge in [0.2, 0.25) is 5.12 Å². The fraction of sp³-hybridized carbons (Fsp3) is 0.455. The van der Waals surface area contributed by atoms with Crippen LogP contribution >= 0.6 is 35.3 Å². The maximum atomic E-state index is 11.7. The molecule has 0 aromatic heterocycles. The molecule has 0 amide bonds. The van der Waals surface area contributed by atoms with Gasteiger partial charge in [-0.15, -0.1) is 11.8 Å². The molecule has 2 rings (SSSR count). The van der Waals surface area contributed by atoms with Crippen LogP contribution < -0.4 is 0 Å². The summed E-state index contributed by atoms with van der Waals surface area (Å²) in [5, 5.41) is 1.27. The quantitative estimate of drug-likeness (QED) is 0.729. The van der Waals surface area contributed by atoms with E-state index >= 15 is 0 Å². The number of carbonyl (C=O) groups excluding carboxylic acids is 1. The van der Waals surface area contributed by atoms with E-state index in [4.69, 9.17) is 0 Å². The summed E-state index contributed by atoms with van der Waals surface area (Å²) in [7, 11) is 2.07. The molecule has 3 nitrogen and oxygen atoms in total. The van der Waals surface area contributed by atoms with Gasteiger partial charge < -0.3 is 4.90 Å². The molecule has 1 saturated heterocycles. The Bertz CT molecular complexity index is 415. The minimum atomic E-state index is 0.0588. The highest BCUT2D eigenvalue weighted by Gasteiger charge is 2.21. The van der Waals surface area contributed by atoms with Crippen molar-refractivity contribution in [2.75, 3.05) is 25.1 Å². The van der Waals surface area contributed by atoms with Crippen LogP contribution in [0.2, 0.25) is 0 Å². The van der Waals surface area contributed by atoms with E-state index in [1.165, 1.54) is 16.8 Å². The van der Waals surface area contributed by atoms with Gasteiger partial charge in [-0.25, -0.2) is 4.99 Å². The molecule has 2 heterocycles. The first kappa shape index (κ1) is 13.1. The van der Waals surface area contributed by atoms with Gasteiger partial charge in [-0.3, -0.25) is 4.79 Å². The van der Waals surface area contributed by atoms with Crippen LogP contribution in [0.3, 0.4) is 0 Å². The molecule has 0 aliphatic carbocycles. The van der Waals surface area contributed by atoms with E-state index < -0.39 is 0 Å². The van der Waals surface area contributed by atoms with Gasteiger partial charge in [-0.05, 0) is 29.7 Å². The van der Waals surface area contributed by atoms with Gasteiger partial charge in [-0.1, -0.05) is 18.7 Å². The first-order valence-corrected chi connectivity index (χ1v) is 8.19. The highest BCUT2D eigenvalue weighted by atomic mass is 32.2. The van der Waals surface area contributed by atoms with Gasteiger partial charge in [0.05, 0.1) is 5.03 Å². The second-order valence-corrected chi connectivity index (χ2v) is 7.12. The molecular weight excluding hydrogens is 272 g/mol. The number of thioether (sulfide) groups is 3. The van der Waals surface area contributed by atoms with Crippen molar-refractivity contribution < 1.29 is 4.79 Å². The molecule has 0 unspecified atom stereocenters. The molecule has 0 N–H and O–H groups in total. The molecule has 0 aromatic carbocycles. The summed E-state index contributed by atoms with van der Waals surface area (Å²) in [4.78, 5) is 18.2. The zero-order valence-electron chi connectivity index (χ0n) is 9.80. The number of allylic oxidation sites excluding steroid dienone is 2. The lowest BCUT2D eigenvalue weighted by Gasteiger charge is -2.09. The SMILES string of the molecule is CCSC1=NC(=CC=C2SCCN2C)C(=O)S1. The van der Waals surface area contributed by atoms with E-state index in [1.807, 2.05) is 23.9 Å². The van der Waals surface area contributed by atoms with Crippen molar-refractivity contribution in [2.24, 2.45) is 4.99 Å². The zero-order valence-corrected chi connectivity index (χ0v) is 12.3. The van der Waals surface area contributed by atoms with Gasteiger partial charge in [0, 0.05) is 19.3 Å². The Kier molecular flexibility index (Phi) is 4.64. The third-order valence-corrected chi connectivity index (χ3v) is 5.33. The van der Waals surface area contributed by atoms with Gasteiger partial charge in [-0.2, -0.15) is 0 Å². The van der Waals surface area contributed by atoms with Gasteiger partial charge in [0.25, 0.3) is 0 Å². The van der Waals surface area contributed by atoms with Crippen LogP contribution in [-0.4, -0.2) is 39.5 Å². The molecule has 92 valence electrons. The summed E-state index contributed by atoms with van der Waals surface area (Å²) in [5.74, 6) is 2.07. The van der Waals surface area contributed by atoms with Crippen molar-refractivity contribution in [2.45, 2.75) is 6.92 Å². The Morgan fingerprint density at radius 3 is 3.00 bits per heavy atom. The predicted molar refractivity (Wildman–Crippen MR) is 79.4 cm³/mol. The molecule has 2 aliphatic rings. The van der Waals surface area contributed by atoms with Crippen molar-refractivity contribution in [1.29, 1.82) is 0 Å². The van der Waals surface area contributed by atoms with Crippen LogP contribution in [0.5, 0.6) is 0 Å². The second-order valence-electron chi connectivity index (χ2n) is 3.53. The molecule has 0 radical (unpaired) electrons. The highest BCUT2D eigenvalue weighted by molar-refractivity contribution is 8.45. The van der Waals surface area contributed by atoms with Crippen molar-refractivity contribution in [3.05, 3.63) is 22.9 Å². The van der Waals surface area contributed by atoms with Crippen LogP contribution in [0.25, 0.3) is 0 Å². The number of nitrogens with zero attached hydrogens (tertiary/aromatic N) is 2. The van der Waals surface area contributed by atoms with E-state index in [9.17, 15) is 4.79 Å². The molecule has 6 heteroatoms. The number of carbonyl (C=O) groups is 1. The van der Waals surface area contributed by atoms with E-state index in [0.29, 0.717) is 5.70 Å². The first-order valence-electron chi connectivity index (χ1n) is 5.40. The number of rotatable bonds is 2. The maximum absolute atomic E-state index is 11.7. The van der Waals surface area contributed by atoms with Crippen LogP contribution in [0.1, 0.15) is 6.92 Å². The van der Waals surface area contributed by atoms with Gasteiger partial charge in [0.15, 0.2) is 0 Å². The Morgan fingerprint density at radius 1 is 1.53 bits per heavy atom. The molecule has 2 aliphatic heterocycles. The fourth-order valence-corrected chi connectivity index (χ4v) is 4.22. The lowest BCUT2D eigenvalue weighted by molar-refractivity contribution is -0.107. The molecule has 0 saturated carbocycles. The summed E-state index contributed by atoms with van der Waals surface area (Å²) in [6.07, 6.45) is 3.83. The number of aliphatic imine (C=N–C) groups is 1. The van der Waals surface area contributed by atoms with Gasteiger partial charge in [0.1, 0.15) is 10.1 Å². The topological polar surface area (TPSA) is 32.7 Å². The van der Waals surface area contributed by atoms with E-state index in [-0.39, 0.29) is 5.12 Å². The number of hydrogen-bond acceptors (Lipinski definition) is 6. The van der Waals surface area contributed by atoms with Crippen molar-refractivity contribution >= 4 is 44.8 Å². The summed E-state index contributed by atoms with van der Waals surface area (Å²) in [6, 6.07) is 0. The number of hydrogen-bond donors (Lipinski definition) is 0. The molecule has 1 fully saturated rings. The standard InChI is InChI=1S/C11H14N2OS3/c1-3-15-11-12-8(10(14)17-11)4-5-9-13(2)6-7-16-9/h4-5H,3,6-7H2,1-2H3. The van der Waals surface area contributed by atoms with Crippen molar-refractivity contribution in [1.82, 2.24) is 4.90 Å². The van der Waals surface area contributed by atoms with Crippen molar-refractivity contribution in [3.63, 3.8) is 0 Å². The van der Waals surface area contributed by atoms with Crippen LogP contribution in [-0.2, 0) is 4.79 Å². The first-order chi connectivity index (χ1) is 8.20. The summed E-state index contributed by atoms with van der Waals surface area (Å²) < 4.78 is 0.870. The van der Waals surface area contributed by atoms with Gasteiger partial charge >= 0.3 is 0 Å². The Hall–Kier alpha value is -0.330. The van der Waals surface area contributed by atoms with E-state index in [1.54, 1.807) is 11.8 Å². The molecule has 0 bridgehead atoms. The molecular formula is C11H14N2OS3. The van der Waals surface area contributed by atoms with Crippen LogP contribution in [0.4, 0.5) is 0 Å². The third-order valence-electron chi connectivity index (χ3n) is 2.31. The summed E-state index contributed by atoms with van der Waals surface area (Å²) in [6.45, 7) is 3.13. The van der Waals surface area contributed by atoms with Crippen LogP contribution in [0, 0.1) is 0 Å². The predicted octanol–water partition coefficient (Wildman–Crippen LogP) is 2.77. The Balaban J connectivity index is 2.09. The van der Waals surface area contributed by atoms with E-state index in [2.05, 4.69) is 23.9 Å². The minimum Gasteiger partial charge on any atom is -0.369 e. The lowest BCUT2D eigenvalue weighted by atomic mass is 10.4. The summed E-state index contributed by atoms with van der Waals surface area (Å²) >= 11 is 4.67. The smallest absolute Gasteiger partial charge is 0.244 e. The Labute approximate surface area is 114 Å². The Morgan fingerprint density at radius 2 is 2.35 bits per heavy atom. The maximum Gasteiger partial charge on any atom is 0.244 e. The average molecular weight is 286 g/mol. The lowest BCUT2D eigenvalue weighted by Crippen LogP contribution is -2.10. The zero-order chi connectivity index (χ0) is 12.3. The largest absolute Gasteiger partial charge is 0.369 e. The monoisotopic (exact) mass is 286 g/mol. The molecule has 0 atom stereocenters. The minimum absolute atomic E-state index is 0.0588. The van der Waals surface area contributed by atoms with E-state index in [0.717, 1.165) is 22.4 Å². The molecule has 17 heavy (non-hydrogen) atoms. The third kappa shape index (κ3) is 3.33. The highest BCUT2D eigenvalue weighted by Crippen LogP contribution is 2.31. The fourth-order valence-electron chi connectivity index (χ4n) is 1.42. The molecule has 0 spiro atoms. The normalized spacial score (nSPS) is 25.2. The molecule has 0 aromatic rings. The van der Waals surface area contributed by atoms with Crippen LogP contribution in [0.15, 0.2) is 27.9 Å². The average Bonchev–Trinajstić information content (AvgIpc) is 2.83. The van der Waals surface area contributed by atoms with Crippen molar-refractivity contribution in [3.8, 4) is 0 Å². The summed E-state index contributed by atoms with van der Waals surface area (Å²) in [5.41, 5.74) is 0.569. The second kappa shape index (κ2) is 6.02.